The predicted octanol–water partition coefficient (Wildman–Crippen LogP) is 3.11. The van der Waals surface area contributed by atoms with Crippen molar-refractivity contribution in [1.82, 2.24) is 4.98 Å². The number of aliphatic hydroxyl groups excluding tert-OH is 1. The molecule has 0 radical (unpaired) electrons. The Morgan fingerprint density at radius 1 is 1.21 bits per heavy atom. The van der Waals surface area contributed by atoms with E-state index in [2.05, 4.69) is 43.3 Å². The van der Waals surface area contributed by atoms with Crippen LogP contribution in [-0.2, 0) is 0 Å². The Bertz CT molecular complexity index is 374. The van der Waals surface area contributed by atoms with E-state index in [1.54, 1.807) is 6.20 Å². The van der Waals surface area contributed by atoms with Crippen LogP contribution in [0.15, 0.2) is 18.5 Å². The minimum absolute atomic E-state index is 0.143. The van der Waals surface area contributed by atoms with Gasteiger partial charge >= 0.3 is 0 Å². The number of nitrogens with one attached hydrogen (secondary N) is 2. The fourth-order valence-corrected chi connectivity index (χ4v) is 1.92. The molecule has 0 aromatic carbocycles. The molecule has 4 heteroatoms. The second kappa shape index (κ2) is 7.34. The third-order valence-electron chi connectivity index (χ3n) is 2.71. The zero-order valence-corrected chi connectivity index (χ0v) is 12.5. The average molecular weight is 265 g/mol. The first-order valence-electron chi connectivity index (χ1n) is 7.01. The van der Waals surface area contributed by atoms with Crippen molar-refractivity contribution in [2.45, 2.75) is 46.6 Å². The first kappa shape index (κ1) is 15.8. The highest BCUT2D eigenvalue weighted by molar-refractivity contribution is 5.53. The highest BCUT2D eigenvalue weighted by Gasteiger charge is 2.16. The Labute approximate surface area is 116 Å². The lowest BCUT2D eigenvalue weighted by atomic mass is 9.89. The standard InChI is InChI=1S/C15H27N3O/c1-5-6-17-12-7-13(10-16-9-12)18-11-14(19)8-15(2,3)4/h7,9-10,14,17-19H,5-6,8,11H2,1-4H3. The number of nitrogens with zero attached hydrogens (tertiary/aromatic N) is 1. The van der Waals surface area contributed by atoms with Crippen LogP contribution in [0.1, 0.15) is 40.5 Å². The van der Waals surface area contributed by atoms with E-state index in [4.69, 9.17) is 0 Å². The summed E-state index contributed by atoms with van der Waals surface area (Å²) in [4.78, 5) is 4.18. The Morgan fingerprint density at radius 2 is 1.84 bits per heavy atom. The number of hydrogen-bond donors (Lipinski definition) is 3. The van der Waals surface area contributed by atoms with Crippen molar-refractivity contribution in [2.75, 3.05) is 23.7 Å². The summed E-state index contributed by atoms with van der Waals surface area (Å²) in [6, 6.07) is 2.02. The number of hydrogen-bond acceptors (Lipinski definition) is 4. The minimum Gasteiger partial charge on any atom is -0.391 e. The summed E-state index contributed by atoms with van der Waals surface area (Å²) in [5, 5.41) is 16.5. The molecule has 4 nitrogen and oxygen atoms in total. The smallest absolute Gasteiger partial charge is 0.0717 e. The van der Waals surface area contributed by atoms with Crippen molar-refractivity contribution in [1.29, 1.82) is 0 Å². The third-order valence-corrected chi connectivity index (χ3v) is 2.71. The molecule has 0 aliphatic carbocycles. The molecule has 1 aromatic rings. The van der Waals surface area contributed by atoms with E-state index in [0.717, 1.165) is 30.8 Å². The molecule has 0 amide bonds. The number of rotatable bonds is 7. The number of anilines is 2. The average Bonchev–Trinajstić information content (AvgIpc) is 2.32. The fraction of sp³-hybridized carbons (Fsp3) is 0.667. The van der Waals surface area contributed by atoms with Gasteiger partial charge in [0.15, 0.2) is 0 Å². The first-order chi connectivity index (χ1) is 8.90. The van der Waals surface area contributed by atoms with Gasteiger partial charge in [-0.3, -0.25) is 4.98 Å². The summed E-state index contributed by atoms with van der Waals surface area (Å²) in [5.74, 6) is 0. The Hall–Kier alpha value is -1.29. The van der Waals surface area contributed by atoms with Crippen LogP contribution in [0.5, 0.6) is 0 Å². The SMILES string of the molecule is CCCNc1cncc(NCC(O)CC(C)(C)C)c1. The highest BCUT2D eigenvalue weighted by Crippen LogP contribution is 2.21. The van der Waals surface area contributed by atoms with E-state index in [1.165, 1.54) is 0 Å². The molecule has 1 unspecified atom stereocenters. The molecule has 0 bridgehead atoms. The van der Waals surface area contributed by atoms with Gasteiger partial charge in [0.05, 0.1) is 29.9 Å². The molecule has 0 aliphatic heterocycles. The zero-order valence-electron chi connectivity index (χ0n) is 12.5. The van der Waals surface area contributed by atoms with Gasteiger partial charge in [0, 0.05) is 13.1 Å². The maximum Gasteiger partial charge on any atom is 0.0717 e. The molecule has 1 rings (SSSR count). The van der Waals surface area contributed by atoms with Crippen molar-refractivity contribution < 1.29 is 5.11 Å². The monoisotopic (exact) mass is 265 g/mol. The number of aromatic nitrogens is 1. The molecule has 0 spiro atoms. The molecule has 0 saturated heterocycles. The fourth-order valence-electron chi connectivity index (χ4n) is 1.92. The van der Waals surface area contributed by atoms with Gasteiger partial charge in [-0.15, -0.1) is 0 Å². The first-order valence-corrected chi connectivity index (χ1v) is 7.01. The summed E-state index contributed by atoms with van der Waals surface area (Å²) >= 11 is 0. The molecule has 1 atom stereocenters. The van der Waals surface area contributed by atoms with Crippen molar-refractivity contribution >= 4 is 11.4 Å². The van der Waals surface area contributed by atoms with Crippen LogP contribution in [0.25, 0.3) is 0 Å². The van der Waals surface area contributed by atoms with E-state index < -0.39 is 0 Å². The molecule has 0 saturated carbocycles. The lowest BCUT2D eigenvalue weighted by Crippen LogP contribution is -2.25. The van der Waals surface area contributed by atoms with Gasteiger partial charge in [-0.25, -0.2) is 0 Å². The lowest BCUT2D eigenvalue weighted by molar-refractivity contribution is 0.132. The van der Waals surface area contributed by atoms with Crippen molar-refractivity contribution in [3.63, 3.8) is 0 Å². The summed E-state index contributed by atoms with van der Waals surface area (Å²) in [7, 11) is 0. The quantitative estimate of drug-likeness (QED) is 0.709. The van der Waals surface area contributed by atoms with Crippen LogP contribution < -0.4 is 10.6 Å². The lowest BCUT2D eigenvalue weighted by Gasteiger charge is -2.22. The minimum atomic E-state index is -0.341. The van der Waals surface area contributed by atoms with Gasteiger partial charge in [-0.1, -0.05) is 27.7 Å². The van der Waals surface area contributed by atoms with Crippen LogP contribution >= 0.6 is 0 Å². The maximum absolute atomic E-state index is 9.96. The second-order valence-electron chi connectivity index (χ2n) is 6.19. The molecule has 1 heterocycles. The Kier molecular flexibility index (Phi) is 6.09. The van der Waals surface area contributed by atoms with Crippen LogP contribution in [0, 0.1) is 5.41 Å². The van der Waals surface area contributed by atoms with Crippen LogP contribution in [0.3, 0.4) is 0 Å². The second-order valence-corrected chi connectivity index (χ2v) is 6.19. The largest absolute Gasteiger partial charge is 0.391 e. The summed E-state index contributed by atoms with van der Waals surface area (Å²) in [5.41, 5.74) is 2.09. The predicted molar refractivity (Wildman–Crippen MR) is 81.6 cm³/mol. The van der Waals surface area contributed by atoms with E-state index in [0.29, 0.717) is 6.54 Å². The van der Waals surface area contributed by atoms with E-state index in [1.807, 2.05) is 12.3 Å². The van der Waals surface area contributed by atoms with Crippen molar-refractivity contribution in [3.05, 3.63) is 18.5 Å². The molecular formula is C15H27N3O. The van der Waals surface area contributed by atoms with Crippen molar-refractivity contribution in [3.8, 4) is 0 Å². The Morgan fingerprint density at radius 3 is 2.42 bits per heavy atom. The van der Waals surface area contributed by atoms with Crippen LogP contribution in [0.4, 0.5) is 11.4 Å². The van der Waals surface area contributed by atoms with Gasteiger partial charge < -0.3 is 15.7 Å². The normalized spacial score (nSPS) is 13.1. The number of aliphatic hydroxyl groups is 1. The summed E-state index contributed by atoms with van der Waals surface area (Å²) < 4.78 is 0. The Balaban J connectivity index is 2.44. The summed E-state index contributed by atoms with van der Waals surface area (Å²) in [6.45, 7) is 10.0. The molecule has 108 valence electrons. The zero-order chi connectivity index (χ0) is 14.3. The van der Waals surface area contributed by atoms with Gasteiger partial charge in [-0.2, -0.15) is 0 Å². The summed E-state index contributed by atoms with van der Waals surface area (Å²) in [6.07, 6.45) is 5.11. The molecule has 3 N–H and O–H groups in total. The van der Waals surface area contributed by atoms with Crippen LogP contribution in [-0.4, -0.2) is 29.3 Å². The van der Waals surface area contributed by atoms with Gasteiger partial charge in [0.1, 0.15) is 0 Å². The maximum atomic E-state index is 9.96. The molecule has 0 fully saturated rings. The highest BCUT2D eigenvalue weighted by atomic mass is 16.3. The molecule has 19 heavy (non-hydrogen) atoms. The van der Waals surface area contributed by atoms with E-state index in [9.17, 15) is 5.11 Å². The third kappa shape index (κ3) is 7.01. The number of pyridine rings is 1. The van der Waals surface area contributed by atoms with E-state index in [-0.39, 0.29) is 11.5 Å². The molecular weight excluding hydrogens is 238 g/mol. The van der Waals surface area contributed by atoms with E-state index >= 15 is 0 Å². The van der Waals surface area contributed by atoms with Crippen LogP contribution in [0.2, 0.25) is 0 Å². The van der Waals surface area contributed by atoms with Gasteiger partial charge in [0.2, 0.25) is 0 Å². The molecule has 1 aromatic heterocycles. The van der Waals surface area contributed by atoms with Crippen molar-refractivity contribution in [2.24, 2.45) is 5.41 Å². The topological polar surface area (TPSA) is 57.2 Å². The molecule has 0 aliphatic rings. The van der Waals surface area contributed by atoms with Gasteiger partial charge in [0.25, 0.3) is 0 Å². The van der Waals surface area contributed by atoms with Gasteiger partial charge in [-0.05, 0) is 24.3 Å².